The van der Waals surface area contributed by atoms with Crippen molar-refractivity contribution in [3.63, 3.8) is 0 Å². The van der Waals surface area contributed by atoms with Gasteiger partial charge in [0.25, 0.3) is 5.91 Å². The van der Waals surface area contributed by atoms with Crippen LogP contribution in [-0.4, -0.2) is 13.0 Å². The van der Waals surface area contributed by atoms with Crippen molar-refractivity contribution in [3.05, 3.63) is 48.5 Å². The Morgan fingerprint density at radius 1 is 1.29 bits per heavy atom. The van der Waals surface area contributed by atoms with Gasteiger partial charge >= 0.3 is 0 Å². The predicted molar refractivity (Wildman–Crippen MR) is 104 cm³/mol. The number of ether oxygens (including phenoxy) is 1. The second-order valence-electron chi connectivity index (χ2n) is 5.68. The van der Waals surface area contributed by atoms with Crippen LogP contribution in [0, 0.1) is 20.8 Å². The van der Waals surface area contributed by atoms with E-state index in [0.29, 0.717) is 16.5 Å². The summed E-state index contributed by atoms with van der Waals surface area (Å²) in [7, 11) is 1.56. The monoisotopic (exact) mass is 379 g/mol. The predicted octanol–water partition coefficient (Wildman–Crippen LogP) is 5.56. The van der Waals surface area contributed by atoms with Crippen LogP contribution in [0.15, 0.2) is 17.0 Å². The molecule has 0 unspecified atom stereocenters. The van der Waals surface area contributed by atoms with E-state index >= 15 is 0 Å². The third kappa shape index (κ3) is 3.21. The maximum atomic E-state index is 12.6. The van der Waals surface area contributed by atoms with Crippen LogP contribution in [0.5, 0.6) is 5.75 Å². The summed E-state index contributed by atoms with van der Waals surface area (Å²) in [5.41, 5.74) is 4.22. The average Bonchev–Trinajstić information content (AvgIpc) is 2.84. The highest BCUT2D eigenvalue weighted by Crippen LogP contribution is 2.40. The van der Waals surface area contributed by atoms with Crippen molar-refractivity contribution in [1.82, 2.24) is 0 Å². The molecule has 1 N–H and O–H groups in total. The fraction of sp³-hybridized carbons (Fsp3) is 0.278. The van der Waals surface area contributed by atoms with Gasteiger partial charge in [-0.2, -0.15) is 0 Å². The molecule has 1 aliphatic rings. The van der Waals surface area contributed by atoms with Gasteiger partial charge in [0.05, 0.1) is 17.7 Å². The van der Waals surface area contributed by atoms with E-state index in [1.165, 1.54) is 20.9 Å². The van der Waals surface area contributed by atoms with Gasteiger partial charge in [-0.25, -0.2) is 0 Å². The quantitative estimate of drug-likeness (QED) is 0.758. The van der Waals surface area contributed by atoms with Gasteiger partial charge in [0.1, 0.15) is 5.75 Å². The van der Waals surface area contributed by atoms with Crippen LogP contribution < -0.4 is 10.1 Å². The number of aryl methyl sites for hydroxylation is 2. The number of halogens is 1. The molecule has 6 heteroatoms. The average molecular weight is 380 g/mol. The van der Waals surface area contributed by atoms with Crippen LogP contribution in [-0.2, 0) is 10.5 Å². The van der Waals surface area contributed by atoms with Crippen molar-refractivity contribution in [1.29, 1.82) is 0 Å². The highest BCUT2D eigenvalue weighted by molar-refractivity contribution is 8.03. The number of fused-ring (bicyclic) bond motifs is 1. The molecule has 0 spiro atoms. The number of carbonyl (C=O) groups excluding carboxylic acids is 1. The van der Waals surface area contributed by atoms with Gasteiger partial charge < -0.3 is 10.1 Å². The third-order valence-electron chi connectivity index (χ3n) is 4.13. The number of carbonyl (C=O) groups is 1. The topological polar surface area (TPSA) is 38.3 Å². The summed E-state index contributed by atoms with van der Waals surface area (Å²) in [4.78, 5) is 15.9. The Hall–Kier alpha value is -1.43. The lowest BCUT2D eigenvalue weighted by atomic mass is 10.1. The molecule has 0 atom stereocenters. The number of rotatable bonds is 3. The standard InChI is InChI=1S/C18H18ClNO2S2/c1-9-5-14(15(22-4)6-13(9)19)20-18(21)17-7-16-12(8-23-17)10(2)11(3)24-16/h5-7H,8H2,1-4H3,(H,20,21). The molecule has 126 valence electrons. The summed E-state index contributed by atoms with van der Waals surface area (Å²) in [5, 5.41) is 3.56. The summed E-state index contributed by atoms with van der Waals surface area (Å²) in [5.74, 6) is 1.28. The lowest BCUT2D eigenvalue weighted by Crippen LogP contribution is -2.15. The second-order valence-corrected chi connectivity index (χ2v) is 8.36. The number of hydrogen-bond acceptors (Lipinski definition) is 4. The molecule has 0 aliphatic carbocycles. The Bertz CT molecular complexity index is 855. The Labute approximate surface area is 155 Å². The Morgan fingerprint density at radius 3 is 2.75 bits per heavy atom. The summed E-state index contributed by atoms with van der Waals surface area (Å²) in [6, 6.07) is 3.55. The molecule has 2 aromatic rings. The fourth-order valence-corrected chi connectivity index (χ4v) is 5.06. The van der Waals surface area contributed by atoms with Crippen LogP contribution in [0.4, 0.5) is 5.69 Å². The maximum absolute atomic E-state index is 12.6. The van der Waals surface area contributed by atoms with Gasteiger partial charge in [0.15, 0.2) is 0 Å². The van der Waals surface area contributed by atoms with Gasteiger partial charge in [-0.15, -0.1) is 23.1 Å². The van der Waals surface area contributed by atoms with E-state index in [1.54, 1.807) is 36.3 Å². The zero-order chi connectivity index (χ0) is 17.4. The number of anilines is 1. The summed E-state index contributed by atoms with van der Waals surface area (Å²) < 4.78 is 5.32. The molecule has 0 fully saturated rings. The number of amides is 1. The molecule has 2 heterocycles. The summed E-state index contributed by atoms with van der Waals surface area (Å²) >= 11 is 9.43. The van der Waals surface area contributed by atoms with Gasteiger partial charge in [0, 0.05) is 26.6 Å². The Morgan fingerprint density at radius 2 is 2.04 bits per heavy atom. The molecule has 3 rings (SSSR count). The van der Waals surface area contributed by atoms with Crippen LogP contribution in [0.25, 0.3) is 6.08 Å². The van der Waals surface area contributed by atoms with Crippen LogP contribution in [0.1, 0.15) is 26.4 Å². The maximum Gasteiger partial charge on any atom is 0.262 e. The zero-order valence-corrected chi connectivity index (χ0v) is 16.3. The first-order valence-electron chi connectivity index (χ1n) is 7.49. The first-order chi connectivity index (χ1) is 11.4. The molecule has 24 heavy (non-hydrogen) atoms. The highest BCUT2D eigenvalue weighted by atomic mass is 35.5. The highest BCUT2D eigenvalue weighted by Gasteiger charge is 2.22. The van der Waals surface area contributed by atoms with E-state index in [1.807, 2.05) is 19.1 Å². The number of benzene rings is 1. The Balaban J connectivity index is 1.87. The molecule has 3 nitrogen and oxygen atoms in total. The normalized spacial score (nSPS) is 13.3. The largest absolute Gasteiger partial charge is 0.495 e. The van der Waals surface area contributed by atoms with Gasteiger partial charge in [-0.1, -0.05) is 11.6 Å². The lowest BCUT2D eigenvalue weighted by molar-refractivity contribution is -0.112. The molecule has 1 aliphatic heterocycles. The van der Waals surface area contributed by atoms with Crippen molar-refractivity contribution in [2.24, 2.45) is 0 Å². The zero-order valence-electron chi connectivity index (χ0n) is 14.0. The first kappa shape index (κ1) is 17.4. The van der Waals surface area contributed by atoms with Crippen molar-refractivity contribution in [2.75, 3.05) is 12.4 Å². The van der Waals surface area contributed by atoms with Gasteiger partial charge in [-0.05, 0) is 49.6 Å². The van der Waals surface area contributed by atoms with Crippen molar-refractivity contribution < 1.29 is 9.53 Å². The van der Waals surface area contributed by atoms with E-state index in [9.17, 15) is 4.79 Å². The molecule has 0 saturated carbocycles. The van der Waals surface area contributed by atoms with E-state index in [4.69, 9.17) is 16.3 Å². The number of methoxy groups -OCH3 is 1. The summed E-state index contributed by atoms with van der Waals surface area (Å²) in [6.45, 7) is 6.17. The summed E-state index contributed by atoms with van der Waals surface area (Å²) in [6.07, 6.45) is 1.98. The SMILES string of the molecule is COc1cc(Cl)c(C)cc1NC(=O)C1=Cc2sc(C)c(C)c2CS1. The van der Waals surface area contributed by atoms with Crippen molar-refractivity contribution in [3.8, 4) is 5.75 Å². The van der Waals surface area contributed by atoms with Gasteiger partial charge in [-0.3, -0.25) is 4.79 Å². The number of nitrogens with one attached hydrogen (secondary N) is 1. The molecular formula is C18H18ClNO2S2. The minimum Gasteiger partial charge on any atom is -0.495 e. The van der Waals surface area contributed by atoms with Crippen molar-refractivity contribution >= 4 is 52.4 Å². The fourth-order valence-electron chi connectivity index (χ4n) is 2.55. The minimum atomic E-state index is -0.116. The Kier molecular flexibility index (Phi) is 4.95. The van der Waals surface area contributed by atoms with E-state index in [-0.39, 0.29) is 5.91 Å². The molecule has 0 bridgehead atoms. The first-order valence-corrected chi connectivity index (χ1v) is 9.67. The van der Waals surface area contributed by atoms with Crippen LogP contribution >= 0.6 is 34.7 Å². The minimum absolute atomic E-state index is 0.116. The molecule has 1 aromatic heterocycles. The lowest BCUT2D eigenvalue weighted by Gasteiger charge is -2.16. The molecule has 1 aromatic carbocycles. The van der Waals surface area contributed by atoms with Crippen molar-refractivity contribution in [2.45, 2.75) is 26.5 Å². The third-order valence-corrected chi connectivity index (χ3v) is 6.78. The second kappa shape index (κ2) is 6.82. The van der Waals surface area contributed by atoms with E-state index < -0.39 is 0 Å². The molecule has 0 radical (unpaired) electrons. The smallest absolute Gasteiger partial charge is 0.262 e. The molecular weight excluding hydrogens is 362 g/mol. The molecule has 1 amide bonds. The number of hydrogen-bond donors (Lipinski definition) is 1. The van der Waals surface area contributed by atoms with Gasteiger partial charge in [0.2, 0.25) is 0 Å². The van der Waals surface area contributed by atoms with E-state index in [2.05, 4.69) is 19.2 Å². The van der Waals surface area contributed by atoms with Crippen LogP contribution in [0.2, 0.25) is 5.02 Å². The number of thiophene rings is 1. The van der Waals surface area contributed by atoms with E-state index in [0.717, 1.165) is 16.2 Å². The van der Waals surface area contributed by atoms with Crippen LogP contribution in [0.3, 0.4) is 0 Å². The molecule has 0 saturated heterocycles. The number of thioether (sulfide) groups is 1.